The molecule has 2 aromatic rings. The van der Waals surface area contributed by atoms with Crippen molar-refractivity contribution in [2.45, 2.75) is 52.5 Å². The molecule has 0 aromatic carbocycles. The van der Waals surface area contributed by atoms with Crippen molar-refractivity contribution in [3.63, 3.8) is 0 Å². The van der Waals surface area contributed by atoms with Crippen molar-refractivity contribution >= 4 is 23.2 Å². The van der Waals surface area contributed by atoms with Gasteiger partial charge in [0, 0.05) is 25.7 Å². The van der Waals surface area contributed by atoms with Crippen molar-refractivity contribution in [1.82, 2.24) is 25.3 Å². The molecule has 2 rings (SSSR count). The topological polar surface area (TPSA) is 110 Å². The van der Waals surface area contributed by atoms with E-state index in [9.17, 15) is 9.59 Å². The first-order chi connectivity index (χ1) is 12.0. The van der Waals surface area contributed by atoms with Crippen molar-refractivity contribution in [3.05, 3.63) is 27.5 Å². The maximum atomic E-state index is 12.1. The predicted molar refractivity (Wildman–Crippen MR) is 93.8 cm³/mol. The highest BCUT2D eigenvalue weighted by atomic mass is 32.1. The SMILES string of the molecule is Cc1nc(C)c(C(=O)NCCCCc2cn(CCCC(=O)O)nn2)s1. The fraction of sp³-hybridized carbons (Fsp3) is 0.562. The number of amides is 1. The van der Waals surface area contributed by atoms with E-state index in [2.05, 4.69) is 20.6 Å². The Morgan fingerprint density at radius 2 is 2.08 bits per heavy atom. The number of aryl methyl sites for hydroxylation is 4. The van der Waals surface area contributed by atoms with E-state index in [0.29, 0.717) is 24.4 Å². The van der Waals surface area contributed by atoms with Crippen molar-refractivity contribution in [3.8, 4) is 0 Å². The molecule has 8 nitrogen and oxygen atoms in total. The number of carbonyl (C=O) groups is 2. The average molecular weight is 365 g/mol. The minimum Gasteiger partial charge on any atom is -0.481 e. The van der Waals surface area contributed by atoms with E-state index < -0.39 is 5.97 Å². The van der Waals surface area contributed by atoms with Gasteiger partial charge in [-0.15, -0.1) is 16.4 Å². The van der Waals surface area contributed by atoms with Gasteiger partial charge in [0.2, 0.25) is 0 Å². The first-order valence-corrected chi connectivity index (χ1v) is 9.10. The van der Waals surface area contributed by atoms with Crippen molar-refractivity contribution in [1.29, 1.82) is 0 Å². The Kier molecular flexibility index (Phi) is 7.05. The quantitative estimate of drug-likeness (QED) is 0.623. The van der Waals surface area contributed by atoms with Gasteiger partial charge in [-0.2, -0.15) is 0 Å². The molecule has 2 heterocycles. The number of aromatic nitrogens is 4. The summed E-state index contributed by atoms with van der Waals surface area (Å²) < 4.78 is 1.68. The lowest BCUT2D eigenvalue weighted by Gasteiger charge is -2.03. The summed E-state index contributed by atoms with van der Waals surface area (Å²) in [7, 11) is 0. The third kappa shape index (κ3) is 6.26. The van der Waals surface area contributed by atoms with Crippen LogP contribution in [0.2, 0.25) is 0 Å². The van der Waals surface area contributed by atoms with Crippen LogP contribution in [0.1, 0.15) is 51.8 Å². The van der Waals surface area contributed by atoms with Gasteiger partial charge in [0.15, 0.2) is 0 Å². The second kappa shape index (κ2) is 9.26. The molecule has 136 valence electrons. The van der Waals surface area contributed by atoms with E-state index in [1.165, 1.54) is 11.3 Å². The number of rotatable bonds is 10. The number of carboxylic acid groups (broad SMARTS) is 1. The number of nitrogens with zero attached hydrogens (tertiary/aromatic N) is 4. The minimum atomic E-state index is -0.800. The molecule has 0 aliphatic heterocycles. The standard InChI is InChI=1S/C16H23N5O3S/c1-11-15(25-12(2)18-11)16(24)17-8-4-3-6-13-10-21(20-19-13)9-5-7-14(22)23/h10H,3-9H2,1-2H3,(H,17,24)(H,22,23). The molecule has 0 saturated heterocycles. The van der Waals surface area contributed by atoms with Gasteiger partial charge < -0.3 is 10.4 Å². The third-order valence-corrected chi connectivity index (χ3v) is 4.69. The summed E-state index contributed by atoms with van der Waals surface area (Å²) in [6.45, 7) is 4.91. The maximum absolute atomic E-state index is 12.1. The zero-order chi connectivity index (χ0) is 18.2. The number of hydrogen-bond acceptors (Lipinski definition) is 6. The summed E-state index contributed by atoms with van der Waals surface area (Å²) in [5.74, 6) is -0.862. The lowest BCUT2D eigenvalue weighted by atomic mass is 10.2. The van der Waals surface area contributed by atoms with Crippen LogP contribution in [0.4, 0.5) is 0 Å². The maximum Gasteiger partial charge on any atom is 0.303 e. The lowest BCUT2D eigenvalue weighted by molar-refractivity contribution is -0.137. The molecule has 0 fully saturated rings. The molecular weight excluding hydrogens is 342 g/mol. The van der Waals surface area contributed by atoms with Crippen LogP contribution in [0.15, 0.2) is 6.20 Å². The first-order valence-electron chi connectivity index (χ1n) is 8.28. The van der Waals surface area contributed by atoms with Gasteiger partial charge >= 0.3 is 5.97 Å². The highest BCUT2D eigenvalue weighted by Gasteiger charge is 2.12. The van der Waals surface area contributed by atoms with Crippen LogP contribution in [-0.4, -0.2) is 43.5 Å². The molecule has 0 saturated carbocycles. The summed E-state index contributed by atoms with van der Waals surface area (Å²) in [5.41, 5.74) is 1.66. The van der Waals surface area contributed by atoms with E-state index >= 15 is 0 Å². The number of nitrogens with one attached hydrogen (secondary N) is 1. The molecule has 2 aromatic heterocycles. The van der Waals surface area contributed by atoms with E-state index in [0.717, 1.165) is 35.7 Å². The van der Waals surface area contributed by atoms with Crippen LogP contribution in [0, 0.1) is 13.8 Å². The summed E-state index contributed by atoms with van der Waals surface area (Å²) in [5, 5.41) is 20.5. The molecule has 9 heteroatoms. The van der Waals surface area contributed by atoms with E-state index in [1.54, 1.807) is 4.68 Å². The molecule has 0 spiro atoms. The Labute approximate surface area is 150 Å². The van der Waals surface area contributed by atoms with Gasteiger partial charge in [0.05, 0.1) is 16.4 Å². The fourth-order valence-electron chi connectivity index (χ4n) is 2.41. The fourth-order valence-corrected chi connectivity index (χ4v) is 3.25. The molecule has 0 atom stereocenters. The molecule has 0 radical (unpaired) electrons. The van der Waals surface area contributed by atoms with E-state index in [1.807, 2.05) is 20.0 Å². The molecule has 2 N–H and O–H groups in total. The number of carboxylic acids is 1. The Morgan fingerprint density at radius 3 is 2.76 bits per heavy atom. The van der Waals surface area contributed by atoms with Crippen molar-refractivity contribution in [2.24, 2.45) is 0 Å². The molecule has 0 aliphatic rings. The second-order valence-electron chi connectivity index (χ2n) is 5.83. The summed E-state index contributed by atoms with van der Waals surface area (Å²) >= 11 is 1.41. The molecule has 25 heavy (non-hydrogen) atoms. The van der Waals surface area contributed by atoms with Crippen LogP contribution in [0.25, 0.3) is 0 Å². The summed E-state index contributed by atoms with van der Waals surface area (Å²) in [6.07, 6.45) is 5.06. The highest BCUT2D eigenvalue weighted by Crippen LogP contribution is 2.16. The van der Waals surface area contributed by atoms with E-state index in [4.69, 9.17) is 5.11 Å². The predicted octanol–water partition coefficient (Wildman–Crippen LogP) is 1.97. The van der Waals surface area contributed by atoms with Gasteiger partial charge in [-0.3, -0.25) is 14.3 Å². The minimum absolute atomic E-state index is 0.0625. The lowest BCUT2D eigenvalue weighted by Crippen LogP contribution is -2.24. The molecule has 1 amide bonds. The van der Waals surface area contributed by atoms with Crippen molar-refractivity contribution in [2.75, 3.05) is 6.54 Å². The summed E-state index contributed by atoms with van der Waals surface area (Å²) in [4.78, 5) is 27.5. The van der Waals surface area contributed by atoms with Crippen molar-refractivity contribution < 1.29 is 14.7 Å². The Balaban J connectivity index is 1.63. The monoisotopic (exact) mass is 365 g/mol. The number of hydrogen-bond donors (Lipinski definition) is 2. The summed E-state index contributed by atoms with van der Waals surface area (Å²) in [6, 6.07) is 0. The molecular formula is C16H23N5O3S. The van der Waals surface area contributed by atoms with Gasteiger partial charge in [-0.25, -0.2) is 4.98 Å². The van der Waals surface area contributed by atoms with Gasteiger partial charge in [-0.05, 0) is 39.5 Å². The van der Waals surface area contributed by atoms with Gasteiger partial charge in [-0.1, -0.05) is 5.21 Å². The average Bonchev–Trinajstić information content (AvgIpc) is 3.12. The number of carbonyl (C=O) groups excluding carboxylic acids is 1. The molecule has 0 bridgehead atoms. The van der Waals surface area contributed by atoms with Crippen LogP contribution >= 0.6 is 11.3 Å². The second-order valence-corrected chi connectivity index (χ2v) is 7.03. The van der Waals surface area contributed by atoms with Crippen LogP contribution in [-0.2, 0) is 17.8 Å². The Hall–Kier alpha value is -2.29. The third-order valence-electron chi connectivity index (χ3n) is 3.62. The molecule has 0 unspecified atom stereocenters. The smallest absolute Gasteiger partial charge is 0.303 e. The number of aliphatic carboxylic acids is 1. The van der Waals surface area contributed by atoms with Crippen LogP contribution < -0.4 is 5.32 Å². The largest absolute Gasteiger partial charge is 0.481 e. The Bertz CT molecular complexity index is 725. The van der Waals surface area contributed by atoms with Gasteiger partial charge in [0.25, 0.3) is 5.91 Å². The van der Waals surface area contributed by atoms with E-state index in [-0.39, 0.29) is 12.3 Å². The highest BCUT2D eigenvalue weighted by molar-refractivity contribution is 7.13. The Morgan fingerprint density at radius 1 is 1.28 bits per heavy atom. The van der Waals surface area contributed by atoms with Crippen LogP contribution in [0.3, 0.4) is 0 Å². The zero-order valence-electron chi connectivity index (χ0n) is 14.5. The number of thiazole rings is 1. The van der Waals surface area contributed by atoms with Gasteiger partial charge in [0.1, 0.15) is 4.88 Å². The normalized spacial score (nSPS) is 10.8. The molecule has 0 aliphatic carbocycles. The van der Waals surface area contributed by atoms with Crippen LogP contribution in [0.5, 0.6) is 0 Å². The zero-order valence-corrected chi connectivity index (χ0v) is 15.3. The first kappa shape index (κ1) is 19.0. The number of unbranched alkanes of at least 4 members (excludes halogenated alkanes) is 1.